The lowest BCUT2D eigenvalue weighted by atomic mass is 10.2. The summed E-state index contributed by atoms with van der Waals surface area (Å²) in [6.45, 7) is 3.13. The van der Waals surface area contributed by atoms with E-state index < -0.39 is 10.0 Å². The van der Waals surface area contributed by atoms with Gasteiger partial charge in [0.2, 0.25) is 0 Å². The van der Waals surface area contributed by atoms with Gasteiger partial charge in [0.15, 0.2) is 0 Å². The maximum absolute atomic E-state index is 12.9. The van der Waals surface area contributed by atoms with Crippen molar-refractivity contribution in [3.05, 3.63) is 59.7 Å². The Labute approximate surface area is 148 Å². The predicted octanol–water partition coefficient (Wildman–Crippen LogP) is 2.97. The number of benzene rings is 2. The van der Waals surface area contributed by atoms with Crippen LogP contribution in [-0.4, -0.2) is 27.4 Å². The molecule has 6 heteroatoms. The molecule has 0 unspecified atom stereocenters. The standard InChI is InChI=1S/C19H22N2O3S/c1-2-3-13-20-19(22)16-8-10-17(11-9-16)25(23,24)21-14-12-15-6-4-5-7-18(15)21/h4-11H,2-3,12-14H2,1H3,(H,20,22). The van der Waals surface area contributed by atoms with E-state index in [2.05, 4.69) is 12.2 Å². The van der Waals surface area contributed by atoms with Gasteiger partial charge in [0.25, 0.3) is 15.9 Å². The Hall–Kier alpha value is -2.34. The van der Waals surface area contributed by atoms with Crippen LogP contribution in [0.5, 0.6) is 0 Å². The molecule has 2 aromatic carbocycles. The van der Waals surface area contributed by atoms with Crippen LogP contribution < -0.4 is 9.62 Å². The molecule has 1 N–H and O–H groups in total. The lowest BCUT2D eigenvalue weighted by molar-refractivity contribution is 0.0953. The van der Waals surface area contributed by atoms with Crippen molar-refractivity contribution in [3.8, 4) is 0 Å². The summed E-state index contributed by atoms with van der Waals surface area (Å²) in [5.74, 6) is -0.177. The van der Waals surface area contributed by atoms with Crippen molar-refractivity contribution in [2.75, 3.05) is 17.4 Å². The SMILES string of the molecule is CCCCNC(=O)c1ccc(S(=O)(=O)N2CCc3ccccc32)cc1. The minimum atomic E-state index is -3.61. The summed E-state index contributed by atoms with van der Waals surface area (Å²) >= 11 is 0. The minimum Gasteiger partial charge on any atom is -0.352 e. The second-order valence-corrected chi connectivity index (χ2v) is 7.95. The van der Waals surface area contributed by atoms with E-state index in [9.17, 15) is 13.2 Å². The molecule has 1 amide bonds. The first-order valence-corrected chi connectivity index (χ1v) is 9.97. The number of carbonyl (C=O) groups is 1. The van der Waals surface area contributed by atoms with Gasteiger partial charge in [-0.05, 0) is 48.7 Å². The Bertz CT molecular complexity index is 860. The van der Waals surface area contributed by atoms with Crippen LogP contribution in [0.25, 0.3) is 0 Å². The summed E-state index contributed by atoms with van der Waals surface area (Å²) in [5, 5.41) is 2.83. The number of para-hydroxylation sites is 1. The maximum atomic E-state index is 12.9. The molecular formula is C19H22N2O3S. The summed E-state index contributed by atoms with van der Waals surface area (Å²) in [6.07, 6.45) is 2.65. The fourth-order valence-electron chi connectivity index (χ4n) is 2.94. The number of fused-ring (bicyclic) bond motifs is 1. The molecule has 1 aliphatic rings. The fourth-order valence-corrected chi connectivity index (χ4v) is 4.45. The molecule has 2 aromatic rings. The fraction of sp³-hybridized carbons (Fsp3) is 0.316. The molecule has 0 radical (unpaired) electrons. The Morgan fingerprint density at radius 1 is 1.12 bits per heavy atom. The van der Waals surface area contributed by atoms with Gasteiger partial charge in [0, 0.05) is 18.7 Å². The number of rotatable bonds is 6. The van der Waals surface area contributed by atoms with Gasteiger partial charge in [0.1, 0.15) is 0 Å². The van der Waals surface area contributed by atoms with Crippen LogP contribution in [0.15, 0.2) is 53.4 Å². The molecule has 1 heterocycles. The second kappa shape index (κ2) is 7.27. The lowest BCUT2D eigenvalue weighted by Crippen LogP contribution is -2.29. The monoisotopic (exact) mass is 358 g/mol. The van der Waals surface area contributed by atoms with Gasteiger partial charge in [-0.1, -0.05) is 31.5 Å². The van der Waals surface area contributed by atoms with Crippen molar-refractivity contribution in [3.63, 3.8) is 0 Å². The van der Waals surface area contributed by atoms with Crippen molar-refractivity contribution in [2.45, 2.75) is 31.1 Å². The molecule has 0 aromatic heterocycles. The number of sulfonamides is 1. The zero-order valence-electron chi connectivity index (χ0n) is 14.2. The van der Waals surface area contributed by atoms with E-state index in [0.717, 1.165) is 24.1 Å². The van der Waals surface area contributed by atoms with Crippen LogP contribution in [0.1, 0.15) is 35.7 Å². The summed E-state index contributed by atoms with van der Waals surface area (Å²) in [4.78, 5) is 12.2. The van der Waals surface area contributed by atoms with Crippen molar-refractivity contribution >= 4 is 21.6 Å². The van der Waals surface area contributed by atoms with Crippen LogP contribution in [0.3, 0.4) is 0 Å². The third kappa shape index (κ3) is 3.54. The van der Waals surface area contributed by atoms with Gasteiger partial charge in [-0.15, -0.1) is 0 Å². The molecule has 0 atom stereocenters. The van der Waals surface area contributed by atoms with Gasteiger partial charge < -0.3 is 5.32 Å². The third-order valence-electron chi connectivity index (χ3n) is 4.36. The second-order valence-electron chi connectivity index (χ2n) is 6.09. The first kappa shape index (κ1) is 17.5. The zero-order valence-corrected chi connectivity index (χ0v) is 15.1. The van der Waals surface area contributed by atoms with E-state index in [4.69, 9.17) is 0 Å². The largest absolute Gasteiger partial charge is 0.352 e. The third-order valence-corrected chi connectivity index (χ3v) is 6.19. The summed E-state index contributed by atoms with van der Waals surface area (Å²) < 4.78 is 27.3. The van der Waals surface area contributed by atoms with E-state index in [-0.39, 0.29) is 10.8 Å². The Morgan fingerprint density at radius 2 is 1.84 bits per heavy atom. The highest BCUT2D eigenvalue weighted by molar-refractivity contribution is 7.92. The molecule has 3 rings (SSSR count). The molecule has 0 saturated heterocycles. The van der Waals surface area contributed by atoms with Crippen LogP contribution >= 0.6 is 0 Å². The van der Waals surface area contributed by atoms with Gasteiger partial charge in [-0.3, -0.25) is 9.10 Å². The van der Waals surface area contributed by atoms with Crippen LogP contribution in [-0.2, 0) is 16.4 Å². The number of hydrogen-bond donors (Lipinski definition) is 1. The quantitative estimate of drug-likeness (QED) is 0.808. The highest BCUT2D eigenvalue weighted by Crippen LogP contribution is 2.32. The van der Waals surface area contributed by atoms with Crippen LogP contribution in [0.2, 0.25) is 0 Å². The van der Waals surface area contributed by atoms with Crippen molar-refractivity contribution in [1.82, 2.24) is 5.32 Å². The molecular weight excluding hydrogens is 336 g/mol. The van der Waals surface area contributed by atoms with Crippen molar-refractivity contribution < 1.29 is 13.2 Å². The average Bonchev–Trinajstić information content (AvgIpc) is 3.07. The number of anilines is 1. The van der Waals surface area contributed by atoms with Gasteiger partial charge in [0.05, 0.1) is 10.6 Å². The molecule has 0 fully saturated rings. The first-order chi connectivity index (χ1) is 12.0. The molecule has 0 saturated carbocycles. The van der Waals surface area contributed by atoms with Crippen molar-refractivity contribution in [1.29, 1.82) is 0 Å². The Morgan fingerprint density at radius 3 is 2.56 bits per heavy atom. The molecule has 5 nitrogen and oxygen atoms in total. The van der Waals surface area contributed by atoms with E-state index in [0.29, 0.717) is 25.1 Å². The molecule has 1 aliphatic heterocycles. The minimum absolute atomic E-state index is 0.177. The molecule has 0 bridgehead atoms. The summed E-state index contributed by atoms with van der Waals surface area (Å²) in [7, 11) is -3.61. The highest BCUT2D eigenvalue weighted by Gasteiger charge is 2.30. The van der Waals surface area contributed by atoms with Gasteiger partial charge >= 0.3 is 0 Å². The zero-order chi connectivity index (χ0) is 17.9. The maximum Gasteiger partial charge on any atom is 0.264 e. The van der Waals surface area contributed by atoms with E-state index in [1.807, 2.05) is 24.3 Å². The lowest BCUT2D eigenvalue weighted by Gasteiger charge is -2.19. The molecule has 0 spiro atoms. The van der Waals surface area contributed by atoms with Gasteiger partial charge in [-0.25, -0.2) is 8.42 Å². The Kier molecular flexibility index (Phi) is 5.08. The summed E-state index contributed by atoms with van der Waals surface area (Å²) in [6, 6.07) is 13.7. The summed E-state index contributed by atoms with van der Waals surface area (Å²) in [5.41, 5.74) is 2.25. The number of nitrogens with one attached hydrogen (secondary N) is 1. The number of nitrogens with zero attached hydrogens (tertiary/aromatic N) is 1. The molecule has 25 heavy (non-hydrogen) atoms. The molecule has 0 aliphatic carbocycles. The smallest absolute Gasteiger partial charge is 0.264 e. The van der Waals surface area contributed by atoms with Crippen LogP contribution in [0, 0.1) is 0 Å². The number of unbranched alkanes of at least 4 members (excludes halogenated alkanes) is 1. The predicted molar refractivity (Wildman–Crippen MR) is 98.4 cm³/mol. The normalized spacial score (nSPS) is 13.6. The number of hydrogen-bond acceptors (Lipinski definition) is 3. The topological polar surface area (TPSA) is 66.5 Å². The van der Waals surface area contributed by atoms with E-state index in [1.54, 1.807) is 12.1 Å². The first-order valence-electron chi connectivity index (χ1n) is 8.53. The number of carbonyl (C=O) groups excluding carboxylic acids is 1. The molecule has 132 valence electrons. The average molecular weight is 358 g/mol. The van der Waals surface area contributed by atoms with Crippen molar-refractivity contribution in [2.24, 2.45) is 0 Å². The van der Waals surface area contributed by atoms with Gasteiger partial charge in [-0.2, -0.15) is 0 Å². The number of amides is 1. The van der Waals surface area contributed by atoms with Crippen LogP contribution in [0.4, 0.5) is 5.69 Å². The van der Waals surface area contributed by atoms with E-state index in [1.165, 1.54) is 16.4 Å². The highest BCUT2D eigenvalue weighted by atomic mass is 32.2. The Balaban J connectivity index is 1.79. The van der Waals surface area contributed by atoms with E-state index >= 15 is 0 Å².